The zero-order valence-electron chi connectivity index (χ0n) is 16.0. The fourth-order valence-electron chi connectivity index (χ4n) is 2.98. The van der Waals surface area contributed by atoms with E-state index in [4.69, 9.17) is 4.74 Å². The van der Waals surface area contributed by atoms with E-state index < -0.39 is 0 Å². The summed E-state index contributed by atoms with van der Waals surface area (Å²) in [7, 11) is 1.39. The average molecular weight is 353 g/mol. The van der Waals surface area contributed by atoms with Crippen molar-refractivity contribution in [2.45, 2.75) is 46.6 Å². The molecular weight excluding hydrogens is 326 g/mol. The van der Waals surface area contributed by atoms with Crippen molar-refractivity contribution in [2.24, 2.45) is 0 Å². The molecule has 1 aromatic heterocycles. The minimum atomic E-state index is -0.258. The van der Waals surface area contributed by atoms with E-state index in [1.54, 1.807) is 0 Å². The van der Waals surface area contributed by atoms with Crippen LogP contribution in [0.5, 0.6) is 0 Å². The van der Waals surface area contributed by atoms with E-state index in [9.17, 15) is 9.59 Å². The summed E-state index contributed by atoms with van der Waals surface area (Å²) < 4.78 is 6.69. The first-order valence-corrected chi connectivity index (χ1v) is 9.04. The van der Waals surface area contributed by atoms with Gasteiger partial charge >= 0.3 is 5.97 Å². The highest BCUT2D eigenvalue weighted by atomic mass is 16.5. The Labute approximate surface area is 155 Å². The molecule has 1 heterocycles. The van der Waals surface area contributed by atoms with Gasteiger partial charge in [-0.2, -0.15) is 0 Å². The Hall–Kier alpha value is -2.62. The molecule has 2 aromatic rings. The first-order chi connectivity index (χ1) is 12.5. The van der Waals surface area contributed by atoms with Crippen LogP contribution >= 0.6 is 0 Å². The van der Waals surface area contributed by atoms with Crippen LogP contribution in [0.15, 0.2) is 53.8 Å². The molecule has 0 N–H and O–H groups in total. The highest BCUT2D eigenvalue weighted by Crippen LogP contribution is 2.26. The maximum Gasteiger partial charge on any atom is 0.307 e. The molecule has 0 saturated carbocycles. The molecule has 0 spiro atoms. The number of Topliss-reactive ketones (excluding diaryl/α,β-unsaturated/α-hetero) is 1. The van der Waals surface area contributed by atoms with E-state index in [1.807, 2.05) is 61.0 Å². The number of para-hydroxylation sites is 1. The molecule has 0 aliphatic carbocycles. The number of allylic oxidation sites excluding steroid dienone is 4. The SMILES string of the molecule is C/C=C(C)\C=C(/CCC)C(=O)c1cn(CCC(=O)OC)c2ccccc12. The normalized spacial score (nSPS) is 12.5. The summed E-state index contributed by atoms with van der Waals surface area (Å²) in [6.07, 6.45) is 7.78. The molecule has 2 rings (SSSR count). The van der Waals surface area contributed by atoms with Crippen molar-refractivity contribution in [3.8, 4) is 0 Å². The predicted molar refractivity (Wildman–Crippen MR) is 105 cm³/mol. The first-order valence-electron chi connectivity index (χ1n) is 9.04. The number of aryl methyl sites for hydroxylation is 1. The highest BCUT2D eigenvalue weighted by molar-refractivity contribution is 6.16. The zero-order chi connectivity index (χ0) is 19.1. The monoisotopic (exact) mass is 353 g/mol. The van der Waals surface area contributed by atoms with E-state index in [2.05, 4.69) is 6.92 Å². The minimum Gasteiger partial charge on any atom is -0.469 e. The van der Waals surface area contributed by atoms with Crippen molar-refractivity contribution in [3.63, 3.8) is 0 Å². The number of carbonyl (C=O) groups is 2. The lowest BCUT2D eigenvalue weighted by Crippen LogP contribution is -2.07. The molecule has 0 saturated heterocycles. The molecule has 0 fully saturated rings. The molecule has 0 atom stereocenters. The molecule has 0 amide bonds. The maximum absolute atomic E-state index is 13.2. The Morgan fingerprint density at radius 2 is 1.92 bits per heavy atom. The van der Waals surface area contributed by atoms with Crippen molar-refractivity contribution in [2.75, 3.05) is 7.11 Å². The van der Waals surface area contributed by atoms with Crippen LogP contribution in [-0.4, -0.2) is 23.4 Å². The number of hydrogen-bond donors (Lipinski definition) is 0. The second kappa shape index (κ2) is 9.18. The molecule has 26 heavy (non-hydrogen) atoms. The summed E-state index contributed by atoms with van der Waals surface area (Å²) in [5, 5.41) is 0.919. The minimum absolute atomic E-state index is 0.0565. The number of ether oxygens (including phenoxy) is 1. The van der Waals surface area contributed by atoms with Crippen LogP contribution in [0.3, 0.4) is 0 Å². The first kappa shape index (κ1) is 19.7. The molecular formula is C22H27NO3. The zero-order valence-corrected chi connectivity index (χ0v) is 16.0. The number of rotatable bonds is 8. The second-order valence-corrected chi connectivity index (χ2v) is 6.36. The molecule has 4 heteroatoms. The van der Waals surface area contributed by atoms with Gasteiger partial charge < -0.3 is 9.30 Å². The third-order valence-electron chi connectivity index (χ3n) is 4.49. The van der Waals surface area contributed by atoms with Gasteiger partial charge in [0.1, 0.15) is 0 Å². The summed E-state index contributed by atoms with van der Waals surface area (Å²) >= 11 is 0. The Morgan fingerprint density at radius 3 is 2.58 bits per heavy atom. The van der Waals surface area contributed by atoms with E-state index in [0.717, 1.165) is 34.9 Å². The van der Waals surface area contributed by atoms with Gasteiger partial charge in [0.25, 0.3) is 0 Å². The standard InChI is InChI=1S/C22H27NO3/c1-5-9-17(14-16(3)6-2)22(25)19-15-23(13-12-21(24)26-4)20-11-8-7-10-18(19)20/h6-8,10-11,14-15H,5,9,12-13H2,1-4H3/b16-6-,17-14+. The average Bonchev–Trinajstić information content (AvgIpc) is 3.03. The van der Waals surface area contributed by atoms with Crippen LogP contribution in [0.2, 0.25) is 0 Å². The molecule has 0 aliphatic heterocycles. The Balaban J connectivity index is 2.46. The van der Waals surface area contributed by atoms with Crippen LogP contribution in [-0.2, 0) is 16.1 Å². The highest BCUT2D eigenvalue weighted by Gasteiger charge is 2.18. The van der Waals surface area contributed by atoms with Crippen LogP contribution in [0, 0.1) is 0 Å². The molecule has 0 bridgehead atoms. The van der Waals surface area contributed by atoms with Gasteiger partial charge in [-0.05, 0) is 26.3 Å². The smallest absolute Gasteiger partial charge is 0.307 e. The number of aromatic nitrogens is 1. The number of carbonyl (C=O) groups excluding carboxylic acids is 2. The number of ketones is 1. The molecule has 138 valence electrons. The predicted octanol–water partition coefficient (Wildman–Crippen LogP) is 5.08. The van der Waals surface area contributed by atoms with Crippen LogP contribution in [0.1, 0.15) is 50.4 Å². The number of nitrogens with zero attached hydrogens (tertiary/aromatic N) is 1. The maximum atomic E-state index is 13.2. The Morgan fingerprint density at radius 1 is 1.19 bits per heavy atom. The van der Waals surface area contributed by atoms with Gasteiger partial charge in [0.05, 0.1) is 13.5 Å². The number of hydrogen-bond acceptors (Lipinski definition) is 3. The number of benzene rings is 1. The summed E-state index contributed by atoms with van der Waals surface area (Å²) in [5.41, 5.74) is 3.54. The quantitative estimate of drug-likeness (QED) is 0.288. The third-order valence-corrected chi connectivity index (χ3v) is 4.49. The van der Waals surface area contributed by atoms with Gasteiger partial charge in [0, 0.05) is 34.8 Å². The molecule has 0 radical (unpaired) electrons. The van der Waals surface area contributed by atoms with E-state index in [-0.39, 0.29) is 18.2 Å². The van der Waals surface area contributed by atoms with Crippen molar-refractivity contribution >= 4 is 22.7 Å². The van der Waals surface area contributed by atoms with Crippen molar-refractivity contribution < 1.29 is 14.3 Å². The van der Waals surface area contributed by atoms with Gasteiger partial charge in [0.15, 0.2) is 5.78 Å². The van der Waals surface area contributed by atoms with Gasteiger partial charge in [-0.3, -0.25) is 9.59 Å². The van der Waals surface area contributed by atoms with Gasteiger partial charge in [0.2, 0.25) is 0 Å². The lowest BCUT2D eigenvalue weighted by molar-refractivity contribution is -0.140. The van der Waals surface area contributed by atoms with E-state index in [1.165, 1.54) is 7.11 Å². The van der Waals surface area contributed by atoms with Crippen molar-refractivity contribution in [1.29, 1.82) is 0 Å². The topological polar surface area (TPSA) is 48.3 Å². The number of methoxy groups -OCH3 is 1. The van der Waals surface area contributed by atoms with Gasteiger partial charge in [-0.15, -0.1) is 0 Å². The summed E-state index contributed by atoms with van der Waals surface area (Å²) in [6.45, 7) is 6.54. The Kier molecular flexibility index (Phi) is 6.96. The molecule has 0 unspecified atom stereocenters. The van der Waals surface area contributed by atoms with E-state index >= 15 is 0 Å². The third kappa shape index (κ3) is 4.51. The van der Waals surface area contributed by atoms with Crippen LogP contribution in [0.4, 0.5) is 0 Å². The fourth-order valence-corrected chi connectivity index (χ4v) is 2.98. The summed E-state index contributed by atoms with van der Waals surface area (Å²) in [5.74, 6) is -0.202. The molecule has 0 aliphatic rings. The second-order valence-electron chi connectivity index (χ2n) is 6.36. The number of esters is 1. The molecule has 1 aromatic carbocycles. The van der Waals surface area contributed by atoms with Gasteiger partial charge in [-0.25, -0.2) is 0 Å². The lowest BCUT2D eigenvalue weighted by atomic mass is 9.97. The molecule has 4 nitrogen and oxygen atoms in total. The van der Waals surface area contributed by atoms with Gasteiger partial charge in [-0.1, -0.05) is 49.3 Å². The fraction of sp³-hybridized carbons (Fsp3) is 0.364. The number of fused-ring (bicyclic) bond motifs is 1. The van der Waals surface area contributed by atoms with Crippen LogP contribution in [0.25, 0.3) is 10.9 Å². The van der Waals surface area contributed by atoms with E-state index in [0.29, 0.717) is 12.1 Å². The summed E-state index contributed by atoms with van der Waals surface area (Å²) in [6, 6.07) is 7.81. The summed E-state index contributed by atoms with van der Waals surface area (Å²) in [4.78, 5) is 24.7. The van der Waals surface area contributed by atoms with Crippen LogP contribution < -0.4 is 0 Å². The largest absolute Gasteiger partial charge is 0.469 e. The lowest BCUT2D eigenvalue weighted by Gasteiger charge is -2.05. The Bertz CT molecular complexity index is 855. The van der Waals surface area contributed by atoms with Crippen molar-refractivity contribution in [3.05, 3.63) is 59.3 Å². The van der Waals surface area contributed by atoms with Crippen molar-refractivity contribution in [1.82, 2.24) is 4.57 Å².